The number of nitrogens with zero attached hydrogens (tertiary/aromatic N) is 5. The Labute approximate surface area is 185 Å². The number of hydrogen-bond acceptors (Lipinski definition) is 7. The molecule has 8 nitrogen and oxygen atoms in total. The number of carbonyl (C=O) groups excluding carboxylic acids is 1. The van der Waals surface area contributed by atoms with Gasteiger partial charge < -0.3 is 14.7 Å². The first-order valence-corrected chi connectivity index (χ1v) is 10.8. The lowest BCUT2D eigenvalue weighted by Crippen LogP contribution is -2.47. The monoisotopic (exact) mass is 428 g/mol. The number of fused-ring (bicyclic) bond motifs is 1. The van der Waals surface area contributed by atoms with E-state index in [-0.39, 0.29) is 11.9 Å². The standard InChI is InChI=1S/C24H24N6O2/c1-16-28-23(32-29-16)18-9-2-3-10-19(18)24(31)30-13-7-6-8-17(30)14-25-22-20-11-4-5-12-21(20)26-15-27-22/h2-5,9-12,15,17H,6-8,13-14H2,1H3,(H,25,26,27)/t17-/m0/s1. The summed E-state index contributed by atoms with van der Waals surface area (Å²) < 4.78 is 5.34. The second kappa shape index (κ2) is 8.74. The summed E-state index contributed by atoms with van der Waals surface area (Å²) in [5.74, 6) is 1.68. The quantitative estimate of drug-likeness (QED) is 0.511. The number of para-hydroxylation sites is 1. The smallest absolute Gasteiger partial charge is 0.258 e. The maximum absolute atomic E-state index is 13.6. The fourth-order valence-corrected chi connectivity index (χ4v) is 4.26. The average molecular weight is 428 g/mol. The number of amides is 1. The van der Waals surface area contributed by atoms with E-state index in [1.807, 2.05) is 53.4 Å². The topological polar surface area (TPSA) is 97.0 Å². The Morgan fingerprint density at radius 2 is 1.97 bits per heavy atom. The average Bonchev–Trinajstić information content (AvgIpc) is 3.28. The van der Waals surface area contributed by atoms with Crippen LogP contribution in [0.15, 0.2) is 59.4 Å². The lowest BCUT2D eigenvalue weighted by atomic mass is 9.99. The maximum Gasteiger partial charge on any atom is 0.258 e. The highest BCUT2D eigenvalue weighted by molar-refractivity contribution is 6.00. The number of benzene rings is 2. The van der Waals surface area contributed by atoms with Crippen LogP contribution in [0, 0.1) is 6.92 Å². The van der Waals surface area contributed by atoms with Gasteiger partial charge in [0, 0.05) is 24.5 Å². The third-order valence-electron chi connectivity index (χ3n) is 5.85. The molecular formula is C24H24N6O2. The van der Waals surface area contributed by atoms with E-state index in [1.54, 1.807) is 13.3 Å². The van der Waals surface area contributed by atoms with Crippen LogP contribution in [-0.2, 0) is 0 Å². The molecule has 0 spiro atoms. The van der Waals surface area contributed by atoms with Gasteiger partial charge in [0.05, 0.1) is 16.6 Å². The molecule has 0 saturated carbocycles. The van der Waals surface area contributed by atoms with Gasteiger partial charge in [-0.3, -0.25) is 4.79 Å². The molecule has 1 atom stereocenters. The van der Waals surface area contributed by atoms with Crippen molar-refractivity contribution in [3.63, 3.8) is 0 Å². The normalized spacial score (nSPS) is 16.3. The molecule has 162 valence electrons. The van der Waals surface area contributed by atoms with Crippen molar-refractivity contribution in [1.29, 1.82) is 0 Å². The van der Waals surface area contributed by atoms with Crippen molar-refractivity contribution in [3.05, 3.63) is 66.2 Å². The van der Waals surface area contributed by atoms with Crippen molar-refractivity contribution in [2.24, 2.45) is 0 Å². The van der Waals surface area contributed by atoms with Gasteiger partial charge in [0.25, 0.3) is 11.8 Å². The fraction of sp³-hybridized carbons (Fsp3) is 0.292. The Morgan fingerprint density at radius 1 is 1.12 bits per heavy atom. The molecule has 0 unspecified atom stereocenters. The predicted octanol–water partition coefficient (Wildman–Crippen LogP) is 4.10. The first-order valence-electron chi connectivity index (χ1n) is 10.8. The first-order chi connectivity index (χ1) is 15.7. The number of aryl methyl sites for hydroxylation is 1. The summed E-state index contributed by atoms with van der Waals surface area (Å²) in [5, 5.41) is 8.31. The zero-order valence-electron chi connectivity index (χ0n) is 17.9. The van der Waals surface area contributed by atoms with E-state index in [2.05, 4.69) is 25.4 Å². The van der Waals surface area contributed by atoms with E-state index in [0.717, 1.165) is 36.0 Å². The first kappa shape index (κ1) is 20.1. The number of piperidine rings is 1. The van der Waals surface area contributed by atoms with Crippen molar-refractivity contribution < 1.29 is 9.32 Å². The molecule has 5 rings (SSSR count). The van der Waals surface area contributed by atoms with Gasteiger partial charge in [-0.15, -0.1) is 0 Å². The van der Waals surface area contributed by atoms with Gasteiger partial charge in [-0.05, 0) is 50.5 Å². The van der Waals surface area contributed by atoms with Crippen LogP contribution in [0.4, 0.5) is 5.82 Å². The second-order valence-electron chi connectivity index (χ2n) is 7.96. The number of rotatable bonds is 5. The van der Waals surface area contributed by atoms with Crippen LogP contribution >= 0.6 is 0 Å². The van der Waals surface area contributed by atoms with Crippen LogP contribution in [0.3, 0.4) is 0 Å². The molecular weight excluding hydrogens is 404 g/mol. The van der Waals surface area contributed by atoms with Crippen molar-refractivity contribution in [3.8, 4) is 11.5 Å². The third kappa shape index (κ3) is 3.91. The highest BCUT2D eigenvalue weighted by atomic mass is 16.5. The molecule has 1 amide bonds. The zero-order valence-corrected chi connectivity index (χ0v) is 17.9. The molecule has 1 fully saturated rings. The molecule has 1 aliphatic rings. The molecule has 1 N–H and O–H groups in total. The van der Waals surface area contributed by atoms with Gasteiger partial charge >= 0.3 is 0 Å². The Balaban J connectivity index is 1.39. The number of hydrogen-bond donors (Lipinski definition) is 1. The Morgan fingerprint density at radius 3 is 2.84 bits per heavy atom. The highest BCUT2D eigenvalue weighted by Crippen LogP contribution is 2.27. The van der Waals surface area contributed by atoms with Gasteiger partial charge in [0.2, 0.25) is 0 Å². The van der Waals surface area contributed by atoms with Gasteiger partial charge in [-0.2, -0.15) is 4.98 Å². The maximum atomic E-state index is 13.6. The third-order valence-corrected chi connectivity index (χ3v) is 5.85. The summed E-state index contributed by atoms with van der Waals surface area (Å²) in [6, 6.07) is 15.4. The molecule has 2 aromatic heterocycles. The molecule has 1 saturated heterocycles. The van der Waals surface area contributed by atoms with Crippen molar-refractivity contribution in [2.45, 2.75) is 32.2 Å². The number of anilines is 1. The number of likely N-dealkylation sites (tertiary alicyclic amines) is 1. The summed E-state index contributed by atoms with van der Waals surface area (Å²) in [4.78, 5) is 28.6. The zero-order chi connectivity index (χ0) is 21.9. The molecule has 32 heavy (non-hydrogen) atoms. The van der Waals surface area contributed by atoms with Crippen LogP contribution in [0.2, 0.25) is 0 Å². The SMILES string of the molecule is Cc1noc(-c2ccccc2C(=O)N2CCCC[C@H]2CNc2ncnc3ccccc23)n1. The van der Waals surface area contributed by atoms with Crippen LogP contribution in [-0.4, -0.2) is 50.0 Å². The summed E-state index contributed by atoms with van der Waals surface area (Å²) in [6.45, 7) is 3.10. The van der Waals surface area contributed by atoms with E-state index >= 15 is 0 Å². The van der Waals surface area contributed by atoms with Crippen LogP contribution in [0.25, 0.3) is 22.4 Å². The minimum absolute atomic E-state index is 0.0181. The van der Waals surface area contributed by atoms with E-state index in [0.29, 0.717) is 35.9 Å². The van der Waals surface area contributed by atoms with Crippen LogP contribution < -0.4 is 5.32 Å². The number of carbonyl (C=O) groups is 1. The van der Waals surface area contributed by atoms with Gasteiger partial charge in [0.15, 0.2) is 5.82 Å². The van der Waals surface area contributed by atoms with Crippen molar-refractivity contribution in [1.82, 2.24) is 25.0 Å². The summed E-state index contributed by atoms with van der Waals surface area (Å²) in [7, 11) is 0. The molecule has 1 aliphatic heterocycles. The summed E-state index contributed by atoms with van der Waals surface area (Å²) >= 11 is 0. The van der Waals surface area contributed by atoms with E-state index in [1.165, 1.54) is 0 Å². The van der Waals surface area contributed by atoms with Crippen molar-refractivity contribution in [2.75, 3.05) is 18.4 Å². The van der Waals surface area contributed by atoms with E-state index < -0.39 is 0 Å². The molecule has 0 radical (unpaired) electrons. The summed E-state index contributed by atoms with van der Waals surface area (Å²) in [5.41, 5.74) is 2.14. The fourth-order valence-electron chi connectivity index (χ4n) is 4.26. The van der Waals surface area contributed by atoms with E-state index in [4.69, 9.17) is 4.52 Å². The Bertz CT molecular complexity index is 1250. The van der Waals surface area contributed by atoms with Crippen LogP contribution in [0.5, 0.6) is 0 Å². The number of nitrogens with one attached hydrogen (secondary N) is 1. The highest BCUT2D eigenvalue weighted by Gasteiger charge is 2.29. The van der Waals surface area contributed by atoms with Gasteiger partial charge in [-0.1, -0.05) is 29.4 Å². The summed E-state index contributed by atoms with van der Waals surface area (Å²) in [6.07, 6.45) is 4.58. The Kier molecular flexibility index (Phi) is 5.49. The van der Waals surface area contributed by atoms with Gasteiger partial charge in [-0.25, -0.2) is 9.97 Å². The molecule has 8 heteroatoms. The Hall–Kier alpha value is -3.81. The second-order valence-corrected chi connectivity index (χ2v) is 7.96. The minimum Gasteiger partial charge on any atom is -0.367 e. The number of aromatic nitrogens is 4. The van der Waals surface area contributed by atoms with Gasteiger partial charge in [0.1, 0.15) is 12.1 Å². The predicted molar refractivity (Wildman–Crippen MR) is 121 cm³/mol. The molecule has 0 bridgehead atoms. The molecule has 2 aromatic carbocycles. The minimum atomic E-state index is -0.0181. The lowest BCUT2D eigenvalue weighted by Gasteiger charge is -2.36. The largest absolute Gasteiger partial charge is 0.367 e. The van der Waals surface area contributed by atoms with E-state index in [9.17, 15) is 4.79 Å². The molecule has 4 aromatic rings. The van der Waals surface area contributed by atoms with Crippen LogP contribution in [0.1, 0.15) is 35.4 Å². The molecule has 3 heterocycles. The lowest BCUT2D eigenvalue weighted by molar-refractivity contribution is 0.0629. The van der Waals surface area contributed by atoms with Crippen molar-refractivity contribution >= 4 is 22.6 Å². The molecule has 0 aliphatic carbocycles.